The van der Waals surface area contributed by atoms with Crippen LogP contribution in [0.1, 0.15) is 0 Å². The summed E-state index contributed by atoms with van der Waals surface area (Å²) in [6, 6.07) is 55.6. The van der Waals surface area contributed by atoms with Gasteiger partial charge in [0, 0.05) is 43.8 Å². The van der Waals surface area contributed by atoms with Crippen molar-refractivity contribution in [2.24, 2.45) is 0 Å². The molecule has 5 nitrogen and oxygen atoms in total. The fourth-order valence-corrected chi connectivity index (χ4v) is 6.96. The molecule has 10 rings (SSSR count). The summed E-state index contributed by atoms with van der Waals surface area (Å²) >= 11 is 0. The minimum atomic E-state index is 0.551. The van der Waals surface area contributed by atoms with Crippen LogP contribution in [0.4, 0.5) is 0 Å². The van der Waals surface area contributed by atoms with E-state index in [2.05, 4.69) is 72.8 Å². The van der Waals surface area contributed by atoms with E-state index in [9.17, 15) is 0 Å². The third-order valence-corrected chi connectivity index (χ3v) is 9.34. The lowest BCUT2D eigenvalue weighted by Gasteiger charge is -2.09. The number of hydrogen-bond acceptors (Lipinski definition) is 5. The maximum absolute atomic E-state index is 6.94. The lowest BCUT2D eigenvalue weighted by molar-refractivity contribution is 0.665. The molecule has 3 aromatic heterocycles. The first-order valence-electron chi connectivity index (χ1n) is 16.6. The van der Waals surface area contributed by atoms with E-state index in [0.29, 0.717) is 17.5 Å². The largest absolute Gasteiger partial charge is 0.455 e. The molecule has 0 spiro atoms. The quantitative estimate of drug-likeness (QED) is 0.187. The zero-order valence-corrected chi connectivity index (χ0v) is 26.7. The van der Waals surface area contributed by atoms with Gasteiger partial charge in [-0.15, -0.1) is 0 Å². The maximum Gasteiger partial charge on any atom is 0.167 e. The van der Waals surface area contributed by atoms with E-state index in [4.69, 9.17) is 23.8 Å². The van der Waals surface area contributed by atoms with E-state index in [1.165, 1.54) is 0 Å². The highest BCUT2D eigenvalue weighted by atomic mass is 16.3. The molecular formula is C45H27N3O2. The van der Waals surface area contributed by atoms with Gasteiger partial charge >= 0.3 is 0 Å². The summed E-state index contributed by atoms with van der Waals surface area (Å²) in [6.07, 6.45) is 0. The van der Waals surface area contributed by atoms with Crippen molar-refractivity contribution >= 4 is 43.9 Å². The van der Waals surface area contributed by atoms with Crippen molar-refractivity contribution in [2.75, 3.05) is 0 Å². The van der Waals surface area contributed by atoms with Gasteiger partial charge in [-0.2, -0.15) is 0 Å². The van der Waals surface area contributed by atoms with E-state index < -0.39 is 0 Å². The van der Waals surface area contributed by atoms with Crippen LogP contribution in [-0.2, 0) is 0 Å². The van der Waals surface area contributed by atoms with Crippen LogP contribution in [0.5, 0.6) is 0 Å². The molecule has 0 aliphatic rings. The van der Waals surface area contributed by atoms with Crippen molar-refractivity contribution < 1.29 is 8.83 Å². The number of para-hydroxylation sites is 3. The lowest BCUT2D eigenvalue weighted by atomic mass is 9.94. The highest BCUT2D eigenvalue weighted by molar-refractivity contribution is 6.17. The Bertz CT molecular complexity index is 2800. The van der Waals surface area contributed by atoms with Gasteiger partial charge < -0.3 is 8.83 Å². The van der Waals surface area contributed by atoms with E-state index in [1.54, 1.807) is 0 Å². The van der Waals surface area contributed by atoms with Crippen LogP contribution >= 0.6 is 0 Å². The van der Waals surface area contributed by atoms with E-state index in [0.717, 1.165) is 82.8 Å². The molecular weight excluding hydrogens is 615 g/mol. The molecule has 0 radical (unpaired) electrons. The SMILES string of the molecule is c1ccc(-c2cc(-c3cccc4c3oc3c(-c5nc(-c6ccccc6)nc(-c6ccccc6)n5)cccc34)c3oc4ccccc4c3c2)cc1. The monoisotopic (exact) mass is 641 g/mol. The number of furan rings is 2. The summed E-state index contributed by atoms with van der Waals surface area (Å²) in [5, 5.41) is 4.15. The molecule has 0 aliphatic carbocycles. The van der Waals surface area contributed by atoms with Crippen LogP contribution in [0, 0.1) is 0 Å². The summed E-state index contributed by atoms with van der Waals surface area (Å²) < 4.78 is 13.5. The molecule has 0 saturated heterocycles. The number of rotatable bonds is 5. The van der Waals surface area contributed by atoms with Crippen LogP contribution in [0.3, 0.4) is 0 Å². The van der Waals surface area contributed by atoms with Crippen LogP contribution in [-0.4, -0.2) is 15.0 Å². The molecule has 0 amide bonds. The molecule has 234 valence electrons. The third-order valence-electron chi connectivity index (χ3n) is 9.34. The number of benzene rings is 7. The number of fused-ring (bicyclic) bond motifs is 6. The molecule has 0 unspecified atom stereocenters. The summed E-state index contributed by atoms with van der Waals surface area (Å²) in [7, 11) is 0. The fraction of sp³-hybridized carbons (Fsp3) is 0. The highest BCUT2D eigenvalue weighted by Gasteiger charge is 2.22. The molecule has 0 saturated carbocycles. The molecule has 7 aromatic carbocycles. The van der Waals surface area contributed by atoms with Gasteiger partial charge in [-0.05, 0) is 35.4 Å². The minimum absolute atomic E-state index is 0.551. The normalized spacial score (nSPS) is 11.6. The van der Waals surface area contributed by atoms with Crippen molar-refractivity contribution in [3.63, 3.8) is 0 Å². The molecule has 0 fully saturated rings. The second-order valence-electron chi connectivity index (χ2n) is 12.4. The van der Waals surface area contributed by atoms with Gasteiger partial charge in [-0.25, -0.2) is 15.0 Å². The van der Waals surface area contributed by atoms with Crippen molar-refractivity contribution in [1.82, 2.24) is 15.0 Å². The van der Waals surface area contributed by atoms with Gasteiger partial charge in [0.25, 0.3) is 0 Å². The molecule has 3 heterocycles. The Morgan fingerprint density at radius 2 is 0.800 bits per heavy atom. The third kappa shape index (κ3) is 4.60. The average molecular weight is 642 g/mol. The molecule has 50 heavy (non-hydrogen) atoms. The van der Waals surface area contributed by atoms with Gasteiger partial charge in [-0.1, -0.05) is 140 Å². The second kappa shape index (κ2) is 11.4. The Morgan fingerprint density at radius 3 is 1.46 bits per heavy atom. The Labute approximate surface area is 287 Å². The zero-order valence-electron chi connectivity index (χ0n) is 26.7. The fourth-order valence-electron chi connectivity index (χ4n) is 6.96. The van der Waals surface area contributed by atoms with E-state index >= 15 is 0 Å². The average Bonchev–Trinajstić information content (AvgIpc) is 3.77. The van der Waals surface area contributed by atoms with Crippen LogP contribution in [0.2, 0.25) is 0 Å². The standard InChI is InChI=1S/C45H27N3O2/c1-4-14-28(15-5-1)31-26-37-32-20-10-11-25-39(32)49-42(37)38(27-31)35-23-12-21-33-34-22-13-24-36(41(34)50-40(33)35)45-47-43(29-16-6-2-7-17-29)46-44(48-45)30-18-8-3-9-19-30/h1-27H. The van der Waals surface area contributed by atoms with Crippen LogP contribution in [0.25, 0.3) is 100 Å². The number of nitrogens with zero attached hydrogens (tertiary/aromatic N) is 3. The molecule has 5 heteroatoms. The van der Waals surface area contributed by atoms with Crippen LogP contribution in [0.15, 0.2) is 173 Å². The molecule has 0 aliphatic heterocycles. The summed E-state index contributed by atoms with van der Waals surface area (Å²) in [5.41, 5.74) is 10.00. The van der Waals surface area contributed by atoms with Crippen molar-refractivity contribution in [3.8, 4) is 56.4 Å². The molecule has 10 aromatic rings. The Morgan fingerprint density at radius 1 is 0.300 bits per heavy atom. The Hall–Kier alpha value is -6.85. The first-order chi connectivity index (χ1) is 24.8. The van der Waals surface area contributed by atoms with Gasteiger partial charge in [0.2, 0.25) is 0 Å². The lowest BCUT2D eigenvalue weighted by Crippen LogP contribution is -2.00. The van der Waals surface area contributed by atoms with Gasteiger partial charge in [0.1, 0.15) is 22.3 Å². The van der Waals surface area contributed by atoms with Gasteiger partial charge in [-0.3, -0.25) is 0 Å². The molecule has 0 atom stereocenters. The molecule has 0 bridgehead atoms. The van der Waals surface area contributed by atoms with Crippen molar-refractivity contribution in [3.05, 3.63) is 164 Å². The first-order valence-corrected chi connectivity index (χ1v) is 16.6. The smallest absolute Gasteiger partial charge is 0.167 e. The first kappa shape index (κ1) is 28.2. The summed E-state index contributed by atoms with van der Waals surface area (Å²) in [4.78, 5) is 14.9. The highest BCUT2D eigenvalue weighted by Crippen LogP contribution is 2.44. The zero-order chi connectivity index (χ0) is 33.0. The second-order valence-corrected chi connectivity index (χ2v) is 12.4. The van der Waals surface area contributed by atoms with Gasteiger partial charge in [0.05, 0.1) is 5.56 Å². The molecule has 0 N–H and O–H groups in total. The topological polar surface area (TPSA) is 65.0 Å². The predicted molar refractivity (Wildman–Crippen MR) is 202 cm³/mol. The minimum Gasteiger partial charge on any atom is -0.455 e. The number of hydrogen-bond donors (Lipinski definition) is 0. The van der Waals surface area contributed by atoms with Crippen molar-refractivity contribution in [1.29, 1.82) is 0 Å². The summed E-state index contributed by atoms with van der Waals surface area (Å²) in [5.74, 6) is 1.76. The Balaban J connectivity index is 1.23. The van der Waals surface area contributed by atoms with Crippen LogP contribution < -0.4 is 0 Å². The van der Waals surface area contributed by atoms with Crippen molar-refractivity contribution in [2.45, 2.75) is 0 Å². The van der Waals surface area contributed by atoms with E-state index in [-0.39, 0.29) is 0 Å². The maximum atomic E-state index is 6.94. The van der Waals surface area contributed by atoms with E-state index in [1.807, 2.05) is 91.0 Å². The summed E-state index contributed by atoms with van der Waals surface area (Å²) in [6.45, 7) is 0. The van der Waals surface area contributed by atoms with Gasteiger partial charge in [0.15, 0.2) is 17.5 Å². The Kier molecular flexibility index (Phi) is 6.42. The number of aromatic nitrogens is 3. The predicted octanol–water partition coefficient (Wildman–Crippen LogP) is 12.0.